The molecule has 0 atom stereocenters. The first-order valence-electron chi connectivity index (χ1n) is 3.27. The molecule has 1 rings (SSSR count). The number of hydrogen-bond acceptors (Lipinski definition) is 4. The Morgan fingerprint density at radius 3 is 2.36 bits per heavy atom. The summed E-state index contributed by atoms with van der Waals surface area (Å²) in [5, 5.41) is 8.84. The van der Waals surface area contributed by atoms with Gasteiger partial charge in [-0.25, -0.2) is 5.06 Å². The zero-order valence-corrected chi connectivity index (χ0v) is 6.88. The minimum absolute atomic E-state index is 0.219. The molecule has 3 N–H and O–H groups in total. The van der Waals surface area contributed by atoms with Gasteiger partial charge in [-0.05, 0) is 13.8 Å². The Labute approximate surface area is 65.3 Å². The van der Waals surface area contributed by atoms with E-state index < -0.39 is 5.54 Å². The summed E-state index contributed by atoms with van der Waals surface area (Å²) in [5.74, 6) is 0.458. The van der Waals surface area contributed by atoms with Crippen LogP contribution in [0.1, 0.15) is 13.8 Å². The Balaban J connectivity index is 2.95. The second-order valence-corrected chi connectivity index (χ2v) is 2.85. The van der Waals surface area contributed by atoms with E-state index in [0.29, 0.717) is 0 Å². The molecule has 1 heterocycles. The van der Waals surface area contributed by atoms with E-state index in [1.165, 1.54) is 12.2 Å². The molecule has 1 aliphatic heterocycles. The molecule has 62 valence electrons. The molecule has 0 aliphatic carbocycles. The van der Waals surface area contributed by atoms with Gasteiger partial charge in [0.25, 0.3) is 0 Å². The monoisotopic (exact) mass is 156 g/mol. The fourth-order valence-electron chi connectivity index (χ4n) is 1.00. The van der Waals surface area contributed by atoms with Gasteiger partial charge in [0, 0.05) is 0 Å². The van der Waals surface area contributed by atoms with Crippen LogP contribution >= 0.6 is 0 Å². The van der Waals surface area contributed by atoms with E-state index in [4.69, 9.17) is 16.0 Å². The highest BCUT2D eigenvalue weighted by molar-refractivity contribution is 6.05. The molecule has 0 unspecified atom stereocenters. The summed E-state index contributed by atoms with van der Waals surface area (Å²) < 4.78 is 0. The topological polar surface area (TPSA) is 74.7 Å². The third kappa shape index (κ3) is 0.970. The molecule has 0 bridgehead atoms. The summed E-state index contributed by atoms with van der Waals surface area (Å²) in [6.07, 6.45) is 0. The van der Waals surface area contributed by atoms with Gasteiger partial charge in [-0.3, -0.25) is 10.2 Å². The maximum Gasteiger partial charge on any atom is 0.223 e. The summed E-state index contributed by atoms with van der Waals surface area (Å²) in [4.78, 5) is 8.72. The average Bonchev–Trinajstić information content (AvgIpc) is 2.04. The predicted octanol–water partition coefficient (Wildman–Crippen LogP) is -0.0660. The number of aliphatic imine (C=N–C) groups is 1. The van der Waals surface area contributed by atoms with E-state index in [1.807, 2.05) is 13.8 Å². The molecule has 0 spiro atoms. The van der Waals surface area contributed by atoms with Gasteiger partial charge in [0.1, 0.15) is 5.54 Å². The molecule has 0 saturated carbocycles. The van der Waals surface area contributed by atoms with E-state index >= 15 is 0 Å². The van der Waals surface area contributed by atoms with Gasteiger partial charge in [0.05, 0.1) is 7.11 Å². The van der Waals surface area contributed by atoms with Crippen LogP contribution in [0, 0.1) is 5.41 Å². The first-order chi connectivity index (χ1) is 5.00. The molecule has 0 amide bonds. The van der Waals surface area contributed by atoms with Crippen molar-refractivity contribution in [1.82, 2.24) is 5.06 Å². The Bertz CT molecular complexity index is 221. The van der Waals surface area contributed by atoms with Crippen molar-refractivity contribution in [2.24, 2.45) is 10.7 Å². The van der Waals surface area contributed by atoms with Crippen molar-refractivity contribution in [3.8, 4) is 0 Å². The van der Waals surface area contributed by atoms with Crippen LogP contribution in [0.25, 0.3) is 0 Å². The molecular weight excluding hydrogens is 144 g/mol. The number of nitrogens with two attached hydrogens (primary N) is 1. The van der Waals surface area contributed by atoms with E-state index in [0.717, 1.165) is 0 Å². The molecule has 0 aromatic heterocycles. The highest BCUT2D eigenvalue weighted by Gasteiger charge is 2.39. The quantitative estimate of drug-likeness (QED) is 0.558. The van der Waals surface area contributed by atoms with Crippen LogP contribution in [0.15, 0.2) is 4.99 Å². The standard InChI is InChI=1S/C6H12N4O/c1-6(2)4(7)9-5(8)10(6)11-3/h1-3H3,(H3,7,8,9). The molecule has 11 heavy (non-hydrogen) atoms. The van der Waals surface area contributed by atoms with Crippen LogP contribution in [-0.2, 0) is 4.84 Å². The van der Waals surface area contributed by atoms with Gasteiger partial charge in [-0.2, -0.15) is 4.99 Å². The summed E-state index contributed by atoms with van der Waals surface area (Å²) in [6.45, 7) is 3.64. The first kappa shape index (κ1) is 8.00. The van der Waals surface area contributed by atoms with E-state index in [-0.39, 0.29) is 11.8 Å². The van der Waals surface area contributed by atoms with Gasteiger partial charge in [-0.15, -0.1) is 0 Å². The second-order valence-electron chi connectivity index (χ2n) is 2.85. The minimum Gasteiger partial charge on any atom is -0.368 e. The predicted molar refractivity (Wildman–Crippen MR) is 42.3 cm³/mol. The minimum atomic E-state index is -0.543. The Morgan fingerprint density at radius 2 is 2.18 bits per heavy atom. The molecule has 0 saturated heterocycles. The van der Waals surface area contributed by atoms with E-state index in [1.54, 1.807) is 0 Å². The molecule has 5 nitrogen and oxygen atoms in total. The van der Waals surface area contributed by atoms with Gasteiger partial charge in [-0.1, -0.05) is 0 Å². The lowest BCUT2D eigenvalue weighted by molar-refractivity contribution is -0.103. The second kappa shape index (κ2) is 2.20. The summed E-state index contributed by atoms with van der Waals surface area (Å²) >= 11 is 0. The van der Waals surface area contributed by atoms with Crippen LogP contribution in [0.4, 0.5) is 0 Å². The van der Waals surface area contributed by atoms with Crippen LogP contribution in [0.3, 0.4) is 0 Å². The van der Waals surface area contributed by atoms with Crippen molar-refractivity contribution in [2.45, 2.75) is 19.4 Å². The van der Waals surface area contributed by atoms with Crippen LogP contribution in [-0.4, -0.2) is 29.5 Å². The fraction of sp³-hybridized carbons (Fsp3) is 0.667. The first-order valence-corrected chi connectivity index (χ1v) is 3.27. The van der Waals surface area contributed by atoms with Crippen LogP contribution in [0.5, 0.6) is 0 Å². The summed E-state index contributed by atoms with van der Waals surface area (Å²) in [5.41, 5.74) is 4.92. The zero-order chi connectivity index (χ0) is 8.65. The number of nitrogens with one attached hydrogen (secondary N) is 1. The number of hydroxylamine groups is 2. The number of nitrogens with zero attached hydrogens (tertiary/aromatic N) is 2. The molecule has 0 aromatic carbocycles. The lowest BCUT2D eigenvalue weighted by Gasteiger charge is -2.28. The van der Waals surface area contributed by atoms with Gasteiger partial charge >= 0.3 is 0 Å². The van der Waals surface area contributed by atoms with Crippen molar-refractivity contribution in [2.75, 3.05) is 7.11 Å². The SMILES string of the molecule is CON1C(N)=NC(=N)C1(C)C. The Kier molecular flexibility index (Phi) is 1.60. The smallest absolute Gasteiger partial charge is 0.223 e. The largest absolute Gasteiger partial charge is 0.368 e. The van der Waals surface area contributed by atoms with Crippen molar-refractivity contribution >= 4 is 11.8 Å². The fourth-order valence-corrected chi connectivity index (χ4v) is 1.00. The normalized spacial score (nSPS) is 22.3. The maximum atomic E-state index is 7.43. The zero-order valence-electron chi connectivity index (χ0n) is 6.88. The molecule has 0 radical (unpaired) electrons. The molecule has 0 aromatic rings. The molecule has 1 aliphatic rings. The van der Waals surface area contributed by atoms with Crippen molar-refractivity contribution in [1.29, 1.82) is 5.41 Å². The summed E-state index contributed by atoms with van der Waals surface area (Å²) in [6, 6.07) is 0. The highest BCUT2D eigenvalue weighted by atomic mass is 16.7. The van der Waals surface area contributed by atoms with Crippen molar-refractivity contribution < 1.29 is 4.84 Å². The van der Waals surface area contributed by atoms with E-state index in [2.05, 4.69) is 4.99 Å². The lowest BCUT2D eigenvalue weighted by atomic mass is 10.1. The number of rotatable bonds is 1. The van der Waals surface area contributed by atoms with Crippen molar-refractivity contribution in [3.63, 3.8) is 0 Å². The average molecular weight is 156 g/mol. The van der Waals surface area contributed by atoms with Crippen LogP contribution < -0.4 is 5.73 Å². The summed E-state index contributed by atoms with van der Waals surface area (Å²) in [7, 11) is 1.50. The third-order valence-electron chi connectivity index (χ3n) is 1.70. The van der Waals surface area contributed by atoms with Crippen molar-refractivity contribution in [3.05, 3.63) is 0 Å². The highest BCUT2D eigenvalue weighted by Crippen LogP contribution is 2.21. The van der Waals surface area contributed by atoms with Gasteiger partial charge in [0.2, 0.25) is 5.96 Å². The number of hydrogen-bond donors (Lipinski definition) is 2. The van der Waals surface area contributed by atoms with Gasteiger partial charge < -0.3 is 5.73 Å². The lowest BCUT2D eigenvalue weighted by Crippen LogP contribution is -2.48. The van der Waals surface area contributed by atoms with E-state index in [9.17, 15) is 0 Å². The molecule has 0 fully saturated rings. The Hall–Kier alpha value is -1.10. The molecule has 5 heteroatoms. The molecular formula is C6H12N4O. The number of guanidine groups is 1. The third-order valence-corrected chi connectivity index (χ3v) is 1.70. The Morgan fingerprint density at radius 1 is 1.64 bits per heavy atom. The van der Waals surface area contributed by atoms with Gasteiger partial charge in [0.15, 0.2) is 5.84 Å². The van der Waals surface area contributed by atoms with Crippen LogP contribution in [0.2, 0.25) is 0 Å². The maximum absolute atomic E-state index is 7.43. The number of amidine groups is 1.